The van der Waals surface area contributed by atoms with E-state index in [2.05, 4.69) is 0 Å². The smallest absolute Gasteiger partial charge is 0.339 e. The number of hydrogen-bond acceptors (Lipinski definition) is 4. The molecule has 0 fully saturated rings. The number of aromatic carboxylic acids is 1. The minimum absolute atomic E-state index is 0.0271. The SMILES string of the molecule is COc1cc(C#N)cc(Oc2cc(Cl)ccc2C(=O)O)c1. The van der Waals surface area contributed by atoms with Crippen LogP contribution in [0.5, 0.6) is 17.2 Å². The lowest BCUT2D eigenvalue weighted by Crippen LogP contribution is -2.00. The van der Waals surface area contributed by atoms with Gasteiger partial charge in [-0.05, 0) is 24.3 Å². The fraction of sp³-hybridized carbons (Fsp3) is 0.0667. The summed E-state index contributed by atoms with van der Waals surface area (Å²) in [5.74, 6) is -0.323. The summed E-state index contributed by atoms with van der Waals surface area (Å²) in [6, 6.07) is 10.8. The van der Waals surface area contributed by atoms with Crippen LogP contribution >= 0.6 is 11.6 Å². The molecule has 21 heavy (non-hydrogen) atoms. The van der Waals surface area contributed by atoms with Gasteiger partial charge in [0.2, 0.25) is 0 Å². The topological polar surface area (TPSA) is 79.5 Å². The molecule has 0 unspecified atom stereocenters. The van der Waals surface area contributed by atoms with Crippen LogP contribution in [0.15, 0.2) is 36.4 Å². The van der Waals surface area contributed by atoms with E-state index in [1.165, 1.54) is 31.4 Å². The normalized spacial score (nSPS) is 9.76. The lowest BCUT2D eigenvalue weighted by atomic mass is 10.2. The first-order valence-corrected chi connectivity index (χ1v) is 6.21. The van der Waals surface area contributed by atoms with Crippen molar-refractivity contribution < 1.29 is 19.4 Å². The van der Waals surface area contributed by atoms with Gasteiger partial charge >= 0.3 is 5.97 Å². The first kappa shape index (κ1) is 14.7. The minimum Gasteiger partial charge on any atom is -0.497 e. The number of methoxy groups -OCH3 is 1. The molecule has 2 rings (SSSR count). The lowest BCUT2D eigenvalue weighted by Gasteiger charge is -2.10. The molecule has 0 aromatic heterocycles. The molecule has 2 aromatic rings. The second-order valence-electron chi connectivity index (χ2n) is 4.06. The van der Waals surface area contributed by atoms with Crippen molar-refractivity contribution in [2.45, 2.75) is 0 Å². The van der Waals surface area contributed by atoms with E-state index in [1.807, 2.05) is 6.07 Å². The van der Waals surface area contributed by atoms with E-state index < -0.39 is 5.97 Å². The van der Waals surface area contributed by atoms with Crippen LogP contribution in [0.25, 0.3) is 0 Å². The second-order valence-corrected chi connectivity index (χ2v) is 4.49. The number of halogens is 1. The van der Waals surface area contributed by atoms with Gasteiger partial charge in [-0.25, -0.2) is 4.79 Å². The molecule has 5 nitrogen and oxygen atoms in total. The third kappa shape index (κ3) is 3.44. The summed E-state index contributed by atoms with van der Waals surface area (Å²) in [6.07, 6.45) is 0. The Hall–Kier alpha value is -2.71. The maximum absolute atomic E-state index is 11.2. The molecule has 0 aliphatic rings. The van der Waals surface area contributed by atoms with Gasteiger partial charge in [0.1, 0.15) is 22.8 Å². The monoisotopic (exact) mass is 303 g/mol. The number of benzene rings is 2. The van der Waals surface area contributed by atoms with E-state index in [-0.39, 0.29) is 17.1 Å². The van der Waals surface area contributed by atoms with Crippen molar-refractivity contribution in [3.05, 3.63) is 52.5 Å². The fourth-order valence-corrected chi connectivity index (χ4v) is 1.86. The highest BCUT2D eigenvalue weighted by Gasteiger charge is 2.13. The van der Waals surface area contributed by atoms with Gasteiger partial charge in [0.25, 0.3) is 0 Å². The van der Waals surface area contributed by atoms with Crippen LogP contribution in [0.2, 0.25) is 5.02 Å². The number of ether oxygens (including phenoxy) is 2. The molecule has 6 heteroatoms. The van der Waals surface area contributed by atoms with Crippen LogP contribution < -0.4 is 9.47 Å². The molecule has 0 saturated carbocycles. The van der Waals surface area contributed by atoms with Crippen molar-refractivity contribution in [1.82, 2.24) is 0 Å². The Bertz CT molecular complexity index is 737. The van der Waals surface area contributed by atoms with Crippen LogP contribution in [0.4, 0.5) is 0 Å². The van der Waals surface area contributed by atoms with Crippen molar-refractivity contribution in [2.75, 3.05) is 7.11 Å². The van der Waals surface area contributed by atoms with Crippen LogP contribution in [0.3, 0.4) is 0 Å². The maximum atomic E-state index is 11.2. The average Bonchev–Trinajstić information content (AvgIpc) is 2.46. The minimum atomic E-state index is -1.13. The maximum Gasteiger partial charge on any atom is 0.339 e. The van der Waals surface area contributed by atoms with Crippen LogP contribution in [-0.2, 0) is 0 Å². The number of rotatable bonds is 4. The molecule has 106 valence electrons. The zero-order chi connectivity index (χ0) is 15.4. The van der Waals surface area contributed by atoms with E-state index in [9.17, 15) is 4.79 Å². The van der Waals surface area contributed by atoms with Gasteiger partial charge in [-0.15, -0.1) is 0 Å². The highest BCUT2D eigenvalue weighted by molar-refractivity contribution is 6.30. The number of carboxylic acids is 1. The number of hydrogen-bond donors (Lipinski definition) is 1. The van der Waals surface area contributed by atoms with E-state index >= 15 is 0 Å². The van der Waals surface area contributed by atoms with Crippen molar-refractivity contribution in [1.29, 1.82) is 5.26 Å². The van der Waals surface area contributed by atoms with Gasteiger partial charge in [0, 0.05) is 17.2 Å². The van der Waals surface area contributed by atoms with Crippen molar-refractivity contribution in [3.63, 3.8) is 0 Å². The van der Waals surface area contributed by atoms with Gasteiger partial charge in [-0.2, -0.15) is 5.26 Å². The highest BCUT2D eigenvalue weighted by atomic mass is 35.5. The molecule has 0 heterocycles. The second kappa shape index (κ2) is 6.16. The van der Waals surface area contributed by atoms with Gasteiger partial charge in [-0.1, -0.05) is 11.6 Å². The Morgan fingerprint density at radius 3 is 2.57 bits per heavy atom. The zero-order valence-electron chi connectivity index (χ0n) is 11.0. The molecule has 0 spiro atoms. The van der Waals surface area contributed by atoms with Gasteiger partial charge in [0.05, 0.1) is 18.7 Å². The third-order valence-corrected chi connectivity index (χ3v) is 2.88. The standard InChI is InChI=1S/C15H10ClNO4/c1-20-11-4-9(8-17)5-12(7-11)21-14-6-10(16)2-3-13(14)15(18)19/h2-7H,1H3,(H,18,19). The van der Waals surface area contributed by atoms with E-state index in [0.717, 1.165) is 0 Å². The number of nitriles is 1. The van der Waals surface area contributed by atoms with Gasteiger partial charge in [0.15, 0.2) is 0 Å². The molecule has 0 bridgehead atoms. The zero-order valence-corrected chi connectivity index (χ0v) is 11.7. The summed E-state index contributed by atoms with van der Waals surface area (Å²) in [4.78, 5) is 11.2. The molecule has 0 aliphatic carbocycles. The molecular formula is C15H10ClNO4. The molecule has 0 radical (unpaired) electrons. The molecule has 0 atom stereocenters. The Balaban J connectivity index is 2.45. The summed E-state index contributed by atoms with van der Waals surface area (Å²) < 4.78 is 10.6. The predicted octanol–water partition coefficient (Wildman–Crippen LogP) is 3.71. The first-order valence-electron chi connectivity index (χ1n) is 5.83. The largest absolute Gasteiger partial charge is 0.497 e. The van der Waals surface area contributed by atoms with Crippen LogP contribution in [0.1, 0.15) is 15.9 Å². The molecule has 0 amide bonds. The molecule has 1 N–H and O–H groups in total. The summed E-state index contributed by atoms with van der Waals surface area (Å²) in [6.45, 7) is 0. The molecule has 2 aromatic carbocycles. The van der Waals surface area contributed by atoms with Gasteiger partial charge in [-0.3, -0.25) is 0 Å². The van der Waals surface area contributed by atoms with Crippen molar-refractivity contribution in [2.24, 2.45) is 0 Å². The fourth-order valence-electron chi connectivity index (χ4n) is 1.70. The average molecular weight is 304 g/mol. The summed E-state index contributed by atoms with van der Waals surface area (Å²) in [5, 5.41) is 18.4. The summed E-state index contributed by atoms with van der Waals surface area (Å²) >= 11 is 5.85. The summed E-state index contributed by atoms with van der Waals surface area (Å²) in [7, 11) is 1.46. The number of carboxylic acid groups (broad SMARTS) is 1. The van der Waals surface area contributed by atoms with E-state index in [1.54, 1.807) is 12.1 Å². The summed E-state index contributed by atoms with van der Waals surface area (Å²) in [5.41, 5.74) is 0.309. The Kier molecular flexibility index (Phi) is 4.31. The first-order chi connectivity index (χ1) is 10.0. The molecule has 0 saturated heterocycles. The van der Waals surface area contributed by atoms with Crippen LogP contribution in [-0.4, -0.2) is 18.2 Å². The third-order valence-electron chi connectivity index (χ3n) is 2.65. The van der Waals surface area contributed by atoms with Crippen LogP contribution in [0, 0.1) is 11.3 Å². The Morgan fingerprint density at radius 1 is 1.24 bits per heavy atom. The Labute approximate surface area is 125 Å². The predicted molar refractivity (Wildman–Crippen MR) is 76.2 cm³/mol. The van der Waals surface area contributed by atoms with E-state index in [0.29, 0.717) is 16.3 Å². The number of carbonyl (C=O) groups is 1. The molecular weight excluding hydrogens is 294 g/mol. The van der Waals surface area contributed by atoms with E-state index in [4.69, 9.17) is 31.4 Å². The van der Waals surface area contributed by atoms with Crippen molar-refractivity contribution in [3.8, 4) is 23.3 Å². The van der Waals surface area contributed by atoms with Crippen molar-refractivity contribution >= 4 is 17.6 Å². The highest BCUT2D eigenvalue weighted by Crippen LogP contribution is 2.31. The van der Waals surface area contributed by atoms with Gasteiger partial charge < -0.3 is 14.6 Å². The number of nitrogens with zero attached hydrogens (tertiary/aromatic N) is 1. The Morgan fingerprint density at radius 2 is 1.95 bits per heavy atom. The lowest BCUT2D eigenvalue weighted by molar-refractivity contribution is 0.0694. The molecule has 0 aliphatic heterocycles. The quantitative estimate of drug-likeness (QED) is 0.931.